The van der Waals surface area contributed by atoms with Gasteiger partial charge in [0.2, 0.25) is 0 Å². The van der Waals surface area contributed by atoms with Gasteiger partial charge in [0.15, 0.2) is 5.82 Å². The predicted octanol–water partition coefficient (Wildman–Crippen LogP) is 3.25. The van der Waals surface area contributed by atoms with E-state index in [1.54, 1.807) is 7.11 Å². The topological polar surface area (TPSA) is 62.8 Å². The lowest BCUT2D eigenvalue weighted by Gasteiger charge is -2.15. The number of hydrogen-bond acceptors (Lipinski definition) is 4. The van der Waals surface area contributed by atoms with Crippen molar-refractivity contribution in [3.8, 4) is 5.75 Å². The molecule has 0 radical (unpaired) electrons. The van der Waals surface area contributed by atoms with Gasteiger partial charge in [-0.2, -0.15) is 5.10 Å². The van der Waals surface area contributed by atoms with Crippen molar-refractivity contribution in [1.82, 2.24) is 15.2 Å². The third kappa shape index (κ3) is 2.76. The van der Waals surface area contributed by atoms with Gasteiger partial charge in [0.1, 0.15) is 11.6 Å². The lowest BCUT2D eigenvalue weighted by molar-refractivity contribution is 0.415. The van der Waals surface area contributed by atoms with Crippen molar-refractivity contribution >= 4 is 5.69 Å². The smallest absolute Gasteiger partial charge is 0.172 e. The first-order chi connectivity index (χ1) is 9.80. The number of ether oxygens (including phenoxy) is 1. The fourth-order valence-electron chi connectivity index (χ4n) is 2.25. The summed E-state index contributed by atoms with van der Waals surface area (Å²) in [4.78, 5) is 4.62. The summed E-state index contributed by atoms with van der Waals surface area (Å²) in [6.45, 7) is 2.13. The van der Waals surface area contributed by atoms with Crippen molar-refractivity contribution in [3.05, 3.63) is 35.9 Å². The Morgan fingerprint density at radius 3 is 3.00 bits per heavy atom. The van der Waals surface area contributed by atoms with Gasteiger partial charge in [-0.05, 0) is 31.4 Å². The minimum absolute atomic E-state index is 0.117. The van der Waals surface area contributed by atoms with E-state index < -0.39 is 0 Å². The summed E-state index contributed by atoms with van der Waals surface area (Å²) < 4.78 is 5.24. The average molecular weight is 272 g/mol. The van der Waals surface area contributed by atoms with Crippen LogP contribution in [0.2, 0.25) is 0 Å². The van der Waals surface area contributed by atoms with Crippen LogP contribution in [0.1, 0.15) is 49.8 Å². The monoisotopic (exact) mass is 272 g/mol. The van der Waals surface area contributed by atoms with Crippen molar-refractivity contribution in [2.24, 2.45) is 0 Å². The zero-order valence-corrected chi connectivity index (χ0v) is 11.9. The van der Waals surface area contributed by atoms with Gasteiger partial charge >= 0.3 is 0 Å². The second-order valence-corrected chi connectivity index (χ2v) is 5.19. The number of methoxy groups -OCH3 is 1. The summed E-state index contributed by atoms with van der Waals surface area (Å²) in [5, 5.41) is 10.9. The van der Waals surface area contributed by atoms with E-state index in [9.17, 15) is 0 Å². The van der Waals surface area contributed by atoms with Crippen molar-refractivity contribution in [3.63, 3.8) is 0 Å². The van der Waals surface area contributed by atoms with Gasteiger partial charge in [-0.3, -0.25) is 5.10 Å². The number of nitrogens with one attached hydrogen (secondary N) is 2. The van der Waals surface area contributed by atoms with E-state index in [0.29, 0.717) is 5.92 Å². The Hall–Kier alpha value is -2.04. The van der Waals surface area contributed by atoms with Gasteiger partial charge in [0.25, 0.3) is 0 Å². The SMILES string of the molecule is CC[C@H](Nc1cccc(OC)c1)c1n[nH]c(C2CC2)n1. The molecule has 2 aromatic rings. The van der Waals surface area contributed by atoms with Crippen LogP contribution in [0.5, 0.6) is 5.75 Å². The maximum atomic E-state index is 5.24. The van der Waals surface area contributed by atoms with Gasteiger partial charge in [0.05, 0.1) is 13.2 Å². The first-order valence-corrected chi connectivity index (χ1v) is 7.13. The Kier molecular flexibility index (Phi) is 3.58. The molecule has 0 aliphatic heterocycles. The summed E-state index contributed by atoms with van der Waals surface area (Å²) in [6.07, 6.45) is 3.39. The molecule has 3 rings (SSSR count). The average Bonchev–Trinajstić information content (AvgIpc) is 3.23. The highest BCUT2D eigenvalue weighted by atomic mass is 16.5. The first-order valence-electron chi connectivity index (χ1n) is 7.13. The molecule has 1 aromatic carbocycles. The number of anilines is 1. The normalized spacial score (nSPS) is 15.9. The lowest BCUT2D eigenvalue weighted by Crippen LogP contribution is -2.11. The molecule has 5 nitrogen and oxygen atoms in total. The van der Waals surface area contributed by atoms with Crippen LogP contribution in [-0.4, -0.2) is 22.3 Å². The fourth-order valence-corrected chi connectivity index (χ4v) is 2.25. The molecule has 1 heterocycles. The molecule has 1 saturated carbocycles. The van der Waals surface area contributed by atoms with E-state index in [-0.39, 0.29) is 6.04 Å². The van der Waals surface area contributed by atoms with E-state index in [2.05, 4.69) is 27.4 Å². The van der Waals surface area contributed by atoms with Crippen LogP contribution in [0.15, 0.2) is 24.3 Å². The molecule has 106 valence electrons. The van der Waals surface area contributed by atoms with Gasteiger partial charge < -0.3 is 10.1 Å². The minimum Gasteiger partial charge on any atom is -0.497 e. The summed E-state index contributed by atoms with van der Waals surface area (Å²) >= 11 is 0. The molecule has 0 unspecified atom stereocenters. The summed E-state index contributed by atoms with van der Waals surface area (Å²) in [6, 6.07) is 8.04. The van der Waals surface area contributed by atoms with E-state index in [1.165, 1.54) is 12.8 Å². The molecule has 0 bridgehead atoms. The zero-order chi connectivity index (χ0) is 13.9. The zero-order valence-electron chi connectivity index (χ0n) is 11.9. The number of benzene rings is 1. The fraction of sp³-hybridized carbons (Fsp3) is 0.467. The summed E-state index contributed by atoms with van der Waals surface area (Å²) in [5.41, 5.74) is 1.02. The maximum absolute atomic E-state index is 5.24. The molecule has 1 fully saturated rings. The highest BCUT2D eigenvalue weighted by Crippen LogP contribution is 2.38. The Morgan fingerprint density at radius 2 is 2.30 bits per heavy atom. The second kappa shape index (κ2) is 5.53. The van der Waals surface area contributed by atoms with Crippen LogP contribution >= 0.6 is 0 Å². The molecule has 5 heteroatoms. The Morgan fingerprint density at radius 1 is 1.45 bits per heavy atom. The highest BCUT2D eigenvalue weighted by Gasteiger charge is 2.28. The second-order valence-electron chi connectivity index (χ2n) is 5.19. The molecule has 1 aromatic heterocycles. The van der Waals surface area contributed by atoms with Crippen LogP contribution < -0.4 is 10.1 Å². The molecule has 20 heavy (non-hydrogen) atoms. The lowest BCUT2D eigenvalue weighted by atomic mass is 10.2. The van der Waals surface area contributed by atoms with E-state index in [1.807, 2.05) is 24.3 Å². The Balaban J connectivity index is 1.74. The predicted molar refractivity (Wildman–Crippen MR) is 78.0 cm³/mol. The van der Waals surface area contributed by atoms with Gasteiger partial charge in [0, 0.05) is 17.7 Å². The molecule has 1 aliphatic carbocycles. The van der Waals surface area contributed by atoms with Crippen molar-refractivity contribution < 1.29 is 4.74 Å². The molecule has 1 atom stereocenters. The first kappa shape index (κ1) is 13.0. The molecular weight excluding hydrogens is 252 g/mol. The number of aromatic amines is 1. The van der Waals surface area contributed by atoms with Crippen LogP contribution in [0.4, 0.5) is 5.69 Å². The molecule has 0 amide bonds. The number of aromatic nitrogens is 3. The minimum atomic E-state index is 0.117. The molecule has 1 aliphatic rings. The van der Waals surface area contributed by atoms with E-state index in [4.69, 9.17) is 4.74 Å². The van der Waals surface area contributed by atoms with Crippen LogP contribution in [0, 0.1) is 0 Å². The number of hydrogen-bond donors (Lipinski definition) is 2. The van der Waals surface area contributed by atoms with Crippen molar-refractivity contribution in [2.45, 2.75) is 38.1 Å². The molecule has 2 N–H and O–H groups in total. The quantitative estimate of drug-likeness (QED) is 0.847. The van der Waals surface area contributed by atoms with Crippen LogP contribution in [0.3, 0.4) is 0 Å². The molecule has 0 saturated heterocycles. The van der Waals surface area contributed by atoms with E-state index in [0.717, 1.165) is 29.5 Å². The van der Waals surface area contributed by atoms with Crippen molar-refractivity contribution in [2.75, 3.05) is 12.4 Å². The van der Waals surface area contributed by atoms with Crippen molar-refractivity contribution in [1.29, 1.82) is 0 Å². The number of nitrogens with zero attached hydrogens (tertiary/aromatic N) is 2. The third-order valence-corrected chi connectivity index (χ3v) is 3.61. The standard InChI is InChI=1S/C15H20N4O/c1-3-13(15-17-14(18-19-15)10-7-8-10)16-11-5-4-6-12(9-11)20-2/h4-6,9-10,13,16H,3,7-8H2,1-2H3,(H,17,18,19)/t13-/m0/s1. The highest BCUT2D eigenvalue weighted by molar-refractivity contribution is 5.49. The van der Waals surface area contributed by atoms with Gasteiger partial charge in [-0.15, -0.1) is 0 Å². The molecular formula is C15H20N4O. The van der Waals surface area contributed by atoms with Gasteiger partial charge in [-0.25, -0.2) is 4.98 Å². The molecule has 0 spiro atoms. The third-order valence-electron chi connectivity index (χ3n) is 3.61. The Bertz CT molecular complexity index is 577. The summed E-state index contributed by atoms with van der Waals surface area (Å²) in [5.74, 6) is 3.33. The van der Waals surface area contributed by atoms with E-state index >= 15 is 0 Å². The van der Waals surface area contributed by atoms with Crippen LogP contribution in [0.25, 0.3) is 0 Å². The summed E-state index contributed by atoms with van der Waals surface area (Å²) in [7, 11) is 1.67. The number of H-pyrrole nitrogens is 1. The maximum Gasteiger partial charge on any atom is 0.172 e. The van der Waals surface area contributed by atoms with Gasteiger partial charge in [-0.1, -0.05) is 13.0 Å². The number of rotatable bonds is 6. The van der Waals surface area contributed by atoms with Crippen LogP contribution in [-0.2, 0) is 0 Å². The Labute approximate surface area is 118 Å². The largest absolute Gasteiger partial charge is 0.497 e.